The normalized spacial score (nSPS) is 9.56. The third kappa shape index (κ3) is 1.46. The molecule has 0 unspecified atom stereocenters. The molecule has 1 aromatic carbocycles. The van der Waals surface area contributed by atoms with E-state index in [0.717, 1.165) is 11.1 Å². The lowest BCUT2D eigenvalue weighted by Crippen LogP contribution is -1.80. The maximum absolute atomic E-state index is 5.59. The maximum atomic E-state index is 5.59. The summed E-state index contributed by atoms with van der Waals surface area (Å²) in [5, 5.41) is 0. The second-order valence-electron chi connectivity index (χ2n) is 1.90. The fourth-order valence-electron chi connectivity index (χ4n) is 0.688. The molecule has 1 heteroatoms. The minimum atomic E-state index is 0.555. The Bertz CT molecular complexity index is 194. The van der Waals surface area contributed by atoms with Crippen molar-refractivity contribution in [1.29, 1.82) is 0 Å². The molecule has 0 aliphatic carbocycles. The van der Waals surface area contributed by atoms with E-state index in [1.54, 1.807) is 0 Å². The molecule has 0 aliphatic rings. The van der Waals surface area contributed by atoms with Crippen molar-refractivity contribution in [2.24, 2.45) is 0 Å². The van der Waals surface area contributed by atoms with Crippen LogP contribution in [0.3, 0.4) is 0 Å². The molecule has 47 valence electrons. The summed E-state index contributed by atoms with van der Waals surface area (Å²) in [6.07, 6.45) is 0. The van der Waals surface area contributed by atoms with Gasteiger partial charge in [0.1, 0.15) is 0 Å². The summed E-state index contributed by atoms with van der Waals surface area (Å²) in [6.45, 7) is 3.81. The molecule has 1 rings (SSSR count). The minimum Gasteiger partial charge on any atom is -0.122 e. The van der Waals surface area contributed by atoms with E-state index >= 15 is 0 Å². The largest absolute Gasteiger partial charge is 0.122 e. The molecule has 0 N–H and O–H groups in total. The Kier molecular flexibility index (Phi) is 2.12. The Morgan fingerprint density at radius 3 is 2.44 bits per heavy atom. The molecule has 0 nitrogen and oxygen atoms in total. The Morgan fingerprint density at radius 1 is 1.33 bits per heavy atom. The first-order valence-corrected chi connectivity index (χ1v) is 3.34. The summed E-state index contributed by atoms with van der Waals surface area (Å²) in [5.41, 5.74) is 2.13. The zero-order chi connectivity index (χ0) is 6.69. The number of hydrogen-bond donors (Lipinski definition) is 0. The molecular weight excluding hydrogens is 132 g/mol. The molecule has 1 radical (unpaired) electrons. The van der Waals surface area contributed by atoms with Crippen LogP contribution >= 0.6 is 11.6 Å². The van der Waals surface area contributed by atoms with E-state index in [9.17, 15) is 0 Å². The highest BCUT2D eigenvalue weighted by Crippen LogP contribution is 2.08. The molecule has 0 spiro atoms. The van der Waals surface area contributed by atoms with E-state index in [4.69, 9.17) is 11.6 Å². The van der Waals surface area contributed by atoms with Crippen LogP contribution in [0.2, 0.25) is 0 Å². The quantitative estimate of drug-likeness (QED) is 0.525. The number of hydrogen-bond acceptors (Lipinski definition) is 0. The molecule has 0 heterocycles. The lowest BCUT2D eigenvalue weighted by atomic mass is 10.1. The van der Waals surface area contributed by atoms with Gasteiger partial charge in [-0.05, 0) is 18.1 Å². The van der Waals surface area contributed by atoms with Crippen LogP contribution in [0.4, 0.5) is 0 Å². The van der Waals surface area contributed by atoms with Crippen LogP contribution in [0, 0.1) is 6.92 Å². The topological polar surface area (TPSA) is 0 Å². The van der Waals surface area contributed by atoms with Crippen molar-refractivity contribution in [3.8, 4) is 0 Å². The Hall–Kier alpha value is -0.490. The molecule has 0 amide bonds. The predicted molar refractivity (Wildman–Crippen MR) is 40.5 cm³/mol. The molecule has 9 heavy (non-hydrogen) atoms. The maximum Gasteiger partial charge on any atom is 0.0476 e. The van der Waals surface area contributed by atoms with Crippen molar-refractivity contribution in [3.63, 3.8) is 0 Å². The first kappa shape index (κ1) is 6.63. The van der Waals surface area contributed by atoms with Gasteiger partial charge in [0.05, 0.1) is 0 Å². The van der Waals surface area contributed by atoms with E-state index in [-0.39, 0.29) is 0 Å². The summed E-state index contributed by atoms with van der Waals surface area (Å²) in [7, 11) is 0. The van der Waals surface area contributed by atoms with Gasteiger partial charge in [-0.3, -0.25) is 0 Å². The molecule has 0 bridgehead atoms. The van der Waals surface area contributed by atoms with Gasteiger partial charge in [0, 0.05) is 5.88 Å². The van der Waals surface area contributed by atoms with Gasteiger partial charge in [-0.2, -0.15) is 0 Å². The van der Waals surface area contributed by atoms with Gasteiger partial charge < -0.3 is 0 Å². The van der Waals surface area contributed by atoms with Crippen molar-refractivity contribution >= 4 is 11.6 Å². The van der Waals surface area contributed by atoms with Gasteiger partial charge in [-0.1, -0.05) is 24.3 Å². The third-order valence-electron chi connectivity index (χ3n) is 1.26. The number of alkyl halides is 1. The van der Waals surface area contributed by atoms with E-state index in [1.165, 1.54) is 0 Å². The van der Waals surface area contributed by atoms with E-state index < -0.39 is 0 Å². The Labute approximate surface area is 60.5 Å². The van der Waals surface area contributed by atoms with Gasteiger partial charge in [0.2, 0.25) is 0 Å². The molecule has 0 saturated heterocycles. The molecule has 0 atom stereocenters. The lowest BCUT2D eigenvalue weighted by Gasteiger charge is -1.97. The molecular formula is C8H8Cl. The van der Waals surface area contributed by atoms with Gasteiger partial charge in [-0.25, -0.2) is 0 Å². The fraction of sp³-hybridized carbons (Fsp3) is 0.125. The van der Waals surface area contributed by atoms with Gasteiger partial charge in [0.25, 0.3) is 0 Å². The van der Waals surface area contributed by atoms with Crippen molar-refractivity contribution < 1.29 is 0 Å². The number of rotatable bonds is 1. The highest BCUT2D eigenvalue weighted by molar-refractivity contribution is 6.17. The minimum absolute atomic E-state index is 0.555. The average molecular weight is 140 g/mol. The van der Waals surface area contributed by atoms with Crippen molar-refractivity contribution in [2.75, 3.05) is 0 Å². The van der Waals surface area contributed by atoms with Gasteiger partial charge in [0.15, 0.2) is 0 Å². The van der Waals surface area contributed by atoms with Crippen molar-refractivity contribution in [1.82, 2.24) is 0 Å². The van der Waals surface area contributed by atoms with Crippen LogP contribution in [-0.4, -0.2) is 0 Å². The Morgan fingerprint density at radius 2 is 2.00 bits per heavy atom. The van der Waals surface area contributed by atoms with Crippen molar-refractivity contribution in [3.05, 3.63) is 42.3 Å². The van der Waals surface area contributed by atoms with Gasteiger partial charge in [-0.15, -0.1) is 11.6 Å². The van der Waals surface area contributed by atoms with Crippen LogP contribution in [0.25, 0.3) is 0 Å². The molecule has 0 aliphatic heterocycles. The highest BCUT2D eigenvalue weighted by atomic mass is 35.5. The summed E-state index contributed by atoms with van der Waals surface area (Å²) in [4.78, 5) is 0. The van der Waals surface area contributed by atoms with E-state index in [2.05, 4.69) is 6.92 Å². The number of halogens is 1. The SMILES string of the molecule is [CH2]c1ccccc1CCl. The fourth-order valence-corrected chi connectivity index (χ4v) is 0.949. The zero-order valence-corrected chi connectivity index (χ0v) is 5.86. The Balaban J connectivity index is 3.01. The monoisotopic (exact) mass is 139 g/mol. The first-order valence-electron chi connectivity index (χ1n) is 2.80. The van der Waals surface area contributed by atoms with E-state index in [1.807, 2.05) is 24.3 Å². The first-order chi connectivity index (χ1) is 4.34. The van der Waals surface area contributed by atoms with Gasteiger partial charge >= 0.3 is 0 Å². The summed E-state index contributed by atoms with van der Waals surface area (Å²) in [6, 6.07) is 7.86. The van der Waals surface area contributed by atoms with Crippen LogP contribution in [0.5, 0.6) is 0 Å². The second kappa shape index (κ2) is 2.88. The highest BCUT2D eigenvalue weighted by Gasteiger charge is 1.90. The lowest BCUT2D eigenvalue weighted by molar-refractivity contribution is 1.36. The predicted octanol–water partition coefficient (Wildman–Crippen LogP) is 2.61. The van der Waals surface area contributed by atoms with Crippen LogP contribution in [0.15, 0.2) is 24.3 Å². The standard InChI is InChI=1S/C8H8Cl/c1-7-4-2-3-5-8(7)6-9/h2-5H,1,6H2. The van der Waals surface area contributed by atoms with Crippen LogP contribution in [-0.2, 0) is 5.88 Å². The molecule has 0 aromatic heterocycles. The summed E-state index contributed by atoms with van der Waals surface area (Å²) < 4.78 is 0. The smallest absolute Gasteiger partial charge is 0.0476 e. The molecule has 0 saturated carbocycles. The molecule has 0 fully saturated rings. The average Bonchev–Trinajstić information content (AvgIpc) is 1.89. The zero-order valence-electron chi connectivity index (χ0n) is 5.10. The second-order valence-corrected chi connectivity index (χ2v) is 2.17. The summed E-state index contributed by atoms with van der Waals surface area (Å²) >= 11 is 5.59. The number of benzene rings is 1. The van der Waals surface area contributed by atoms with Crippen LogP contribution in [0.1, 0.15) is 11.1 Å². The van der Waals surface area contributed by atoms with Crippen molar-refractivity contribution in [2.45, 2.75) is 5.88 Å². The third-order valence-corrected chi connectivity index (χ3v) is 1.55. The van der Waals surface area contributed by atoms with E-state index in [0.29, 0.717) is 5.88 Å². The summed E-state index contributed by atoms with van der Waals surface area (Å²) in [5.74, 6) is 0.555. The van der Waals surface area contributed by atoms with Crippen LogP contribution < -0.4 is 0 Å². The molecule has 1 aromatic rings.